The zero-order chi connectivity index (χ0) is 20.8. The Labute approximate surface area is 171 Å². The number of methoxy groups -OCH3 is 1. The van der Waals surface area contributed by atoms with E-state index < -0.39 is 16.0 Å². The standard InChI is InChI=1S/C22H25NO5S/c1-3-14-4-9-20-16(12-14)7-10-19(15-5-6-15)23(20)29(26,27)17-8-11-21(24)18(13-17)22(25)28-2/h4,8-9,11-13,15,19,24H,3,5-7,10H2,1-2H3. The van der Waals surface area contributed by atoms with Gasteiger partial charge >= 0.3 is 5.97 Å². The first-order valence-corrected chi connectivity index (χ1v) is 11.4. The molecule has 1 N–H and O–H groups in total. The predicted molar refractivity (Wildman–Crippen MR) is 110 cm³/mol. The number of hydrogen-bond donors (Lipinski definition) is 1. The van der Waals surface area contributed by atoms with Crippen molar-refractivity contribution in [3.8, 4) is 5.75 Å². The van der Waals surface area contributed by atoms with Gasteiger partial charge in [-0.05, 0) is 73.4 Å². The number of sulfonamides is 1. The van der Waals surface area contributed by atoms with Gasteiger partial charge in [-0.2, -0.15) is 0 Å². The third-order valence-electron chi connectivity index (χ3n) is 5.90. The first-order valence-electron chi connectivity index (χ1n) is 9.94. The van der Waals surface area contributed by atoms with Crippen molar-refractivity contribution in [3.05, 3.63) is 53.1 Å². The van der Waals surface area contributed by atoms with E-state index in [1.165, 1.54) is 30.9 Å². The monoisotopic (exact) mass is 415 g/mol. The van der Waals surface area contributed by atoms with Crippen LogP contribution in [0.4, 0.5) is 5.69 Å². The minimum Gasteiger partial charge on any atom is -0.507 e. The maximum atomic E-state index is 13.7. The van der Waals surface area contributed by atoms with E-state index in [2.05, 4.69) is 17.7 Å². The second-order valence-corrected chi connectivity index (χ2v) is 9.55. The highest BCUT2D eigenvalue weighted by Gasteiger charge is 2.44. The Morgan fingerprint density at radius 2 is 1.93 bits per heavy atom. The van der Waals surface area contributed by atoms with Gasteiger partial charge in [-0.25, -0.2) is 13.2 Å². The average molecular weight is 416 g/mol. The summed E-state index contributed by atoms with van der Waals surface area (Å²) in [5.41, 5.74) is 2.79. The van der Waals surface area contributed by atoms with Gasteiger partial charge in [-0.1, -0.05) is 19.1 Å². The minimum atomic E-state index is -3.92. The van der Waals surface area contributed by atoms with Crippen LogP contribution in [0.15, 0.2) is 41.3 Å². The number of phenols is 1. The fraction of sp³-hybridized carbons (Fsp3) is 0.409. The number of rotatable bonds is 5. The van der Waals surface area contributed by atoms with Crippen LogP contribution in [0, 0.1) is 5.92 Å². The summed E-state index contributed by atoms with van der Waals surface area (Å²) < 4.78 is 33.7. The van der Waals surface area contributed by atoms with E-state index in [1.54, 1.807) is 4.31 Å². The molecule has 1 fully saturated rings. The molecule has 0 bridgehead atoms. The van der Waals surface area contributed by atoms with Gasteiger partial charge < -0.3 is 9.84 Å². The molecule has 6 nitrogen and oxygen atoms in total. The van der Waals surface area contributed by atoms with Gasteiger partial charge in [0.1, 0.15) is 11.3 Å². The number of esters is 1. The van der Waals surface area contributed by atoms with Crippen LogP contribution in [0.5, 0.6) is 5.75 Å². The van der Waals surface area contributed by atoms with Gasteiger partial charge in [0.05, 0.1) is 17.7 Å². The SMILES string of the molecule is CCc1ccc2c(c1)CCC(C1CC1)N2S(=O)(=O)c1ccc(O)c(C(=O)OC)c1. The fourth-order valence-corrected chi connectivity index (χ4v) is 5.96. The quantitative estimate of drug-likeness (QED) is 0.754. The van der Waals surface area contributed by atoms with E-state index in [1.807, 2.05) is 12.1 Å². The fourth-order valence-electron chi connectivity index (χ4n) is 4.15. The van der Waals surface area contributed by atoms with Crippen molar-refractivity contribution in [2.24, 2.45) is 5.92 Å². The Morgan fingerprint density at radius 3 is 2.59 bits per heavy atom. The average Bonchev–Trinajstić information content (AvgIpc) is 3.57. The molecule has 1 unspecified atom stereocenters. The lowest BCUT2D eigenvalue weighted by Crippen LogP contribution is -2.45. The molecule has 4 rings (SSSR count). The number of hydrogen-bond acceptors (Lipinski definition) is 5. The second kappa shape index (κ2) is 7.37. The molecule has 1 saturated carbocycles. The summed E-state index contributed by atoms with van der Waals surface area (Å²) in [5, 5.41) is 9.97. The second-order valence-electron chi connectivity index (χ2n) is 7.73. The van der Waals surface area contributed by atoms with Crippen molar-refractivity contribution in [2.45, 2.75) is 50.0 Å². The van der Waals surface area contributed by atoms with Crippen LogP contribution in [-0.4, -0.2) is 32.6 Å². The largest absolute Gasteiger partial charge is 0.507 e. The van der Waals surface area contributed by atoms with Crippen LogP contribution >= 0.6 is 0 Å². The van der Waals surface area contributed by atoms with E-state index in [4.69, 9.17) is 0 Å². The van der Waals surface area contributed by atoms with Crippen molar-refractivity contribution in [1.29, 1.82) is 0 Å². The molecule has 1 heterocycles. The summed E-state index contributed by atoms with van der Waals surface area (Å²) in [5.74, 6) is -0.716. The van der Waals surface area contributed by atoms with Crippen molar-refractivity contribution in [3.63, 3.8) is 0 Å². The predicted octanol–water partition coefficient (Wildman–Crippen LogP) is 3.66. The molecule has 7 heteroatoms. The molecular formula is C22H25NO5S. The highest BCUT2D eigenvalue weighted by molar-refractivity contribution is 7.92. The van der Waals surface area contributed by atoms with Crippen LogP contribution in [0.1, 0.15) is 47.7 Å². The summed E-state index contributed by atoms with van der Waals surface area (Å²) >= 11 is 0. The number of carbonyl (C=O) groups excluding carboxylic acids is 1. The first kappa shape index (κ1) is 19.8. The zero-order valence-corrected chi connectivity index (χ0v) is 17.4. The van der Waals surface area contributed by atoms with Crippen LogP contribution in [0.3, 0.4) is 0 Å². The van der Waals surface area contributed by atoms with E-state index in [9.17, 15) is 18.3 Å². The van der Waals surface area contributed by atoms with E-state index in [0.717, 1.165) is 43.4 Å². The molecule has 1 atom stereocenters. The van der Waals surface area contributed by atoms with Crippen molar-refractivity contribution >= 4 is 21.7 Å². The van der Waals surface area contributed by atoms with Crippen molar-refractivity contribution in [2.75, 3.05) is 11.4 Å². The van der Waals surface area contributed by atoms with E-state index >= 15 is 0 Å². The summed E-state index contributed by atoms with van der Waals surface area (Å²) in [4.78, 5) is 11.9. The molecule has 0 spiro atoms. The highest BCUT2D eigenvalue weighted by atomic mass is 32.2. The number of fused-ring (bicyclic) bond motifs is 1. The first-order chi connectivity index (χ1) is 13.9. The molecule has 2 aliphatic rings. The van der Waals surface area contributed by atoms with E-state index in [0.29, 0.717) is 5.92 Å². The molecule has 0 aromatic heterocycles. The molecule has 0 amide bonds. The molecule has 1 aliphatic heterocycles. The molecule has 2 aromatic carbocycles. The Kier molecular flexibility index (Phi) is 5.02. The maximum Gasteiger partial charge on any atom is 0.341 e. The van der Waals surface area contributed by atoms with Crippen LogP contribution in [0.25, 0.3) is 0 Å². The Morgan fingerprint density at radius 1 is 1.17 bits per heavy atom. The maximum absolute atomic E-state index is 13.7. The third kappa shape index (κ3) is 3.48. The summed E-state index contributed by atoms with van der Waals surface area (Å²) in [7, 11) is -2.72. The summed E-state index contributed by atoms with van der Waals surface area (Å²) in [6.07, 6.45) is 4.60. The molecule has 154 valence electrons. The Bertz CT molecular complexity index is 1060. The van der Waals surface area contributed by atoms with Crippen molar-refractivity contribution in [1.82, 2.24) is 0 Å². The smallest absolute Gasteiger partial charge is 0.341 e. The van der Waals surface area contributed by atoms with Crippen LogP contribution in [-0.2, 0) is 27.6 Å². The Balaban J connectivity index is 1.83. The molecule has 29 heavy (non-hydrogen) atoms. The molecular weight excluding hydrogens is 390 g/mol. The van der Waals surface area contributed by atoms with Gasteiger partial charge in [-0.3, -0.25) is 4.31 Å². The van der Waals surface area contributed by atoms with Gasteiger partial charge in [-0.15, -0.1) is 0 Å². The summed E-state index contributed by atoms with van der Waals surface area (Å²) in [6, 6.07) is 9.67. The van der Waals surface area contributed by atoms with Gasteiger partial charge in [0.25, 0.3) is 10.0 Å². The van der Waals surface area contributed by atoms with Crippen LogP contribution < -0.4 is 4.31 Å². The highest BCUT2D eigenvalue weighted by Crippen LogP contribution is 2.45. The minimum absolute atomic E-state index is 0.0197. The summed E-state index contributed by atoms with van der Waals surface area (Å²) in [6.45, 7) is 2.08. The molecule has 0 radical (unpaired) electrons. The normalized spacial score (nSPS) is 19.0. The number of ether oxygens (including phenoxy) is 1. The number of nitrogens with zero attached hydrogens (tertiary/aromatic N) is 1. The van der Waals surface area contributed by atoms with Crippen molar-refractivity contribution < 1.29 is 23.1 Å². The lowest BCUT2D eigenvalue weighted by atomic mass is 9.93. The number of carbonyl (C=O) groups is 1. The van der Waals surface area contributed by atoms with Gasteiger partial charge in [0.15, 0.2) is 0 Å². The van der Waals surface area contributed by atoms with Crippen LogP contribution in [0.2, 0.25) is 0 Å². The van der Waals surface area contributed by atoms with Gasteiger partial charge in [0, 0.05) is 6.04 Å². The third-order valence-corrected chi connectivity index (χ3v) is 7.73. The molecule has 1 aliphatic carbocycles. The number of anilines is 1. The Hall–Kier alpha value is -2.54. The topological polar surface area (TPSA) is 83.9 Å². The number of aromatic hydroxyl groups is 1. The lowest BCUT2D eigenvalue weighted by Gasteiger charge is -2.38. The lowest BCUT2D eigenvalue weighted by molar-refractivity contribution is 0.0597. The van der Waals surface area contributed by atoms with E-state index in [-0.39, 0.29) is 22.3 Å². The number of phenolic OH excluding ortho intramolecular Hbond substituents is 1. The number of benzene rings is 2. The zero-order valence-electron chi connectivity index (χ0n) is 16.6. The van der Waals surface area contributed by atoms with Gasteiger partial charge in [0.2, 0.25) is 0 Å². The molecule has 2 aromatic rings. The number of aryl methyl sites for hydroxylation is 2. The molecule has 0 saturated heterocycles.